The van der Waals surface area contributed by atoms with Gasteiger partial charge in [0.05, 0.1) is 6.20 Å². The highest BCUT2D eigenvalue weighted by atomic mass is 127. The summed E-state index contributed by atoms with van der Waals surface area (Å²) in [5.74, 6) is 0.789. The minimum Gasteiger partial charge on any atom is -0.231 e. The van der Waals surface area contributed by atoms with Crippen molar-refractivity contribution >= 4 is 45.5 Å². The van der Waals surface area contributed by atoms with Gasteiger partial charge < -0.3 is 0 Å². The lowest BCUT2D eigenvalue weighted by Gasteiger charge is -1.96. The molecule has 0 N–H and O–H groups in total. The van der Waals surface area contributed by atoms with E-state index in [1.165, 1.54) is 6.33 Å². The average Bonchev–Trinajstić information content (AvgIpc) is 2.52. The monoisotopic (exact) mass is 400 g/mol. The molecule has 0 aliphatic carbocycles. The molecule has 0 bridgehead atoms. The fourth-order valence-corrected chi connectivity index (χ4v) is 1.87. The Balaban J connectivity index is 2.59. The minimum atomic E-state index is 0.789. The fraction of sp³-hybridized carbons (Fsp3) is 0. The van der Waals surface area contributed by atoms with Crippen LogP contribution in [0.5, 0.6) is 0 Å². The van der Waals surface area contributed by atoms with Crippen molar-refractivity contribution in [2.45, 2.75) is 0 Å². The molecule has 66 valence electrons. The molecule has 7 heteroatoms. The van der Waals surface area contributed by atoms with Crippen LogP contribution in [0.3, 0.4) is 0 Å². The summed E-state index contributed by atoms with van der Waals surface area (Å²) in [6, 6.07) is 0. The van der Waals surface area contributed by atoms with E-state index in [4.69, 9.17) is 0 Å². The molecule has 0 spiro atoms. The van der Waals surface area contributed by atoms with Gasteiger partial charge in [-0.2, -0.15) is 7.35 Å². The molecule has 0 unspecified atom stereocenters. The van der Waals surface area contributed by atoms with Gasteiger partial charge in [0, 0.05) is 0 Å². The van der Waals surface area contributed by atoms with Gasteiger partial charge in [-0.3, -0.25) is 0 Å². The Morgan fingerprint density at radius 1 is 1.38 bits per heavy atom. The summed E-state index contributed by atoms with van der Waals surface area (Å²) in [6.45, 7) is 0. The van der Waals surface area contributed by atoms with Gasteiger partial charge in [0.15, 0.2) is 0 Å². The van der Waals surface area contributed by atoms with Crippen LogP contribution in [-0.2, 0) is 0 Å². The highest BCUT2D eigenvalue weighted by molar-refractivity contribution is 14.1. The lowest BCUT2D eigenvalue weighted by molar-refractivity contribution is -0.443. The quantitative estimate of drug-likeness (QED) is 0.665. The Morgan fingerprint density at radius 2 is 2.23 bits per heavy atom. The van der Waals surface area contributed by atoms with Crippen LogP contribution >= 0.6 is 45.5 Å². The van der Waals surface area contributed by atoms with Crippen LogP contribution in [0, 0.1) is 3.70 Å². The first kappa shape index (κ1) is 9.24. The van der Waals surface area contributed by atoms with Gasteiger partial charge in [-0.1, -0.05) is 4.98 Å². The number of aromatic nitrogens is 5. The molecule has 0 atom stereocenters. The molecule has 0 fully saturated rings. The maximum absolute atomic E-state index is 4.14. The van der Waals surface area contributed by atoms with Crippen molar-refractivity contribution in [1.29, 1.82) is 0 Å². The van der Waals surface area contributed by atoms with Crippen molar-refractivity contribution in [3.8, 4) is 5.95 Å². The first-order chi connectivity index (χ1) is 6.29. The lowest BCUT2D eigenvalue weighted by atomic mass is 10.8. The first-order valence-corrected chi connectivity index (χ1v) is 5.39. The van der Waals surface area contributed by atoms with Gasteiger partial charge in [0.2, 0.25) is 12.7 Å². The van der Waals surface area contributed by atoms with Gasteiger partial charge in [0.1, 0.15) is 32.9 Å². The highest BCUT2D eigenvalue weighted by Gasteiger charge is 2.13. The summed E-state index contributed by atoms with van der Waals surface area (Å²) in [7, 11) is 0. The molecule has 0 saturated heterocycles. The van der Waals surface area contributed by atoms with Crippen molar-refractivity contribution in [2.75, 3.05) is 0 Å². The fourth-order valence-electron chi connectivity index (χ4n) is 0.871. The summed E-state index contributed by atoms with van der Waals surface area (Å²) in [6.07, 6.45) is 6.71. The molecule has 0 saturated carbocycles. The molecule has 0 aliphatic rings. The van der Waals surface area contributed by atoms with E-state index < -0.39 is 0 Å². The largest absolute Gasteiger partial charge is 0.372 e. The van der Waals surface area contributed by atoms with Crippen molar-refractivity contribution < 1.29 is 2.78 Å². The van der Waals surface area contributed by atoms with Crippen LogP contribution in [0.2, 0.25) is 0 Å². The number of hydrogen-bond acceptors (Lipinski definition) is 3. The van der Waals surface area contributed by atoms with Crippen molar-refractivity contribution in [1.82, 2.24) is 19.5 Å². The second-order valence-electron chi connectivity index (χ2n) is 2.21. The minimum absolute atomic E-state index is 0.789. The zero-order valence-corrected chi connectivity index (χ0v) is 10.6. The Hall–Kier alpha value is -0.320. The van der Waals surface area contributed by atoms with Crippen LogP contribution in [-0.4, -0.2) is 19.5 Å². The van der Waals surface area contributed by atoms with E-state index in [1.54, 1.807) is 18.9 Å². The molecule has 0 radical (unpaired) electrons. The molecule has 0 amide bonds. The number of hydrogen-bond donors (Lipinski definition) is 0. The Labute approximate surface area is 102 Å². The number of halogens is 2. The van der Waals surface area contributed by atoms with Gasteiger partial charge in [0.25, 0.3) is 0 Å². The maximum atomic E-state index is 4.14. The maximum Gasteiger partial charge on any atom is 0.372 e. The molecular formula is C6H4I2N5+. The van der Waals surface area contributed by atoms with Crippen molar-refractivity contribution in [3.05, 3.63) is 28.9 Å². The van der Waals surface area contributed by atoms with Crippen molar-refractivity contribution in [3.63, 3.8) is 0 Å². The van der Waals surface area contributed by atoms with Gasteiger partial charge in [-0.25, -0.2) is 4.98 Å². The Morgan fingerprint density at radius 3 is 2.85 bits per heavy atom. The standard InChI is InChI=1S/C6H4I2N5/c7-5-1-9-3-12(5)6-11-2-10-4-13(6)8/h1-4H/q+1. The van der Waals surface area contributed by atoms with Crippen LogP contribution < -0.4 is 2.78 Å². The van der Waals surface area contributed by atoms with Crippen LogP contribution in [0.25, 0.3) is 5.95 Å². The van der Waals surface area contributed by atoms with Gasteiger partial charge in [-0.15, -0.1) is 4.98 Å². The number of imidazole rings is 1. The second kappa shape index (κ2) is 3.82. The highest BCUT2D eigenvalue weighted by Crippen LogP contribution is 2.06. The molecule has 13 heavy (non-hydrogen) atoms. The average molecular weight is 400 g/mol. The summed E-state index contributed by atoms with van der Waals surface area (Å²) in [5, 5.41) is 0. The zero-order valence-electron chi connectivity index (χ0n) is 6.30. The van der Waals surface area contributed by atoms with E-state index in [0.717, 1.165) is 9.65 Å². The van der Waals surface area contributed by atoms with Gasteiger partial charge in [-0.05, 0) is 22.6 Å². The van der Waals surface area contributed by atoms with E-state index in [9.17, 15) is 0 Å². The molecular weight excluding hydrogens is 396 g/mol. The van der Waals surface area contributed by atoms with Crippen molar-refractivity contribution in [2.24, 2.45) is 0 Å². The second-order valence-corrected chi connectivity index (χ2v) is 4.35. The molecule has 2 aromatic rings. The predicted molar refractivity (Wildman–Crippen MR) is 61.5 cm³/mol. The van der Waals surface area contributed by atoms with Crippen LogP contribution in [0.1, 0.15) is 0 Å². The Kier molecular flexibility index (Phi) is 2.71. The number of rotatable bonds is 1. The lowest BCUT2D eigenvalue weighted by Crippen LogP contribution is -2.28. The zero-order chi connectivity index (χ0) is 9.26. The molecule has 5 nitrogen and oxygen atoms in total. The summed E-state index contributed by atoms with van der Waals surface area (Å²) >= 11 is 4.32. The molecule has 0 aliphatic heterocycles. The topological polar surface area (TPSA) is 47.5 Å². The molecule has 2 heterocycles. The Bertz CT molecular complexity index is 426. The molecule has 2 rings (SSSR count). The van der Waals surface area contributed by atoms with Crippen LogP contribution in [0.15, 0.2) is 25.2 Å². The van der Waals surface area contributed by atoms with E-state index in [2.05, 4.69) is 60.4 Å². The predicted octanol–water partition coefficient (Wildman–Crippen LogP) is 0.753. The SMILES string of the molecule is Ic1cncn1-c1ncnc[n+]1I. The summed E-state index contributed by atoms with van der Waals surface area (Å²) in [5.41, 5.74) is 0. The third kappa shape index (κ3) is 1.80. The summed E-state index contributed by atoms with van der Waals surface area (Å²) < 4.78 is 4.71. The normalized spacial score (nSPS) is 10.3. The van der Waals surface area contributed by atoms with E-state index >= 15 is 0 Å². The number of nitrogens with zero attached hydrogens (tertiary/aromatic N) is 5. The van der Waals surface area contributed by atoms with E-state index in [0.29, 0.717) is 0 Å². The summed E-state index contributed by atoms with van der Waals surface area (Å²) in [4.78, 5) is 12.1. The third-order valence-corrected chi connectivity index (χ3v) is 2.89. The third-order valence-electron chi connectivity index (χ3n) is 1.41. The van der Waals surface area contributed by atoms with Gasteiger partial charge >= 0.3 is 5.95 Å². The molecule has 0 aromatic carbocycles. The van der Waals surface area contributed by atoms with Crippen LogP contribution in [0.4, 0.5) is 0 Å². The first-order valence-electron chi connectivity index (χ1n) is 3.35. The van der Waals surface area contributed by atoms with E-state index in [-0.39, 0.29) is 0 Å². The smallest absolute Gasteiger partial charge is 0.231 e. The van der Waals surface area contributed by atoms with E-state index in [1.807, 2.05) is 7.35 Å². The molecule has 2 aromatic heterocycles.